The number of hydrogen-bond acceptors (Lipinski definition) is 4. The van der Waals surface area contributed by atoms with Gasteiger partial charge in [0.05, 0.1) is 13.2 Å². The smallest absolute Gasteiger partial charge is 0.0621 e. The molecule has 0 radical (unpaired) electrons. The second-order valence-electron chi connectivity index (χ2n) is 6.30. The standard InChI is InChI=1S/C14H28N2O2/c1-15(2)11-14(12-17)5-7-16(8-6-14)13-4-3-9-18-10-13/h13,17H,3-12H2,1-2H3/t13-/m0/s1. The Bertz CT molecular complexity index is 244. The molecule has 18 heavy (non-hydrogen) atoms. The predicted molar refractivity (Wildman–Crippen MR) is 72.7 cm³/mol. The summed E-state index contributed by atoms with van der Waals surface area (Å²) in [6.07, 6.45) is 4.69. The molecule has 0 aromatic rings. The van der Waals surface area contributed by atoms with Crippen molar-refractivity contribution >= 4 is 0 Å². The summed E-state index contributed by atoms with van der Waals surface area (Å²) in [4.78, 5) is 4.78. The number of rotatable bonds is 4. The largest absolute Gasteiger partial charge is 0.396 e. The SMILES string of the molecule is CN(C)CC1(CO)CCN([C@H]2CCCOC2)CC1. The fourth-order valence-corrected chi connectivity index (χ4v) is 3.41. The molecular weight excluding hydrogens is 228 g/mol. The highest BCUT2D eigenvalue weighted by Crippen LogP contribution is 2.33. The van der Waals surface area contributed by atoms with Crippen LogP contribution in [0.5, 0.6) is 0 Å². The zero-order valence-electron chi connectivity index (χ0n) is 11.9. The lowest BCUT2D eigenvalue weighted by molar-refractivity contribution is -0.0284. The van der Waals surface area contributed by atoms with Crippen LogP contribution in [-0.4, -0.2) is 74.5 Å². The Kier molecular flexibility index (Phi) is 5.01. The molecule has 0 amide bonds. The molecule has 4 nitrogen and oxygen atoms in total. The van der Waals surface area contributed by atoms with E-state index >= 15 is 0 Å². The van der Waals surface area contributed by atoms with Gasteiger partial charge in [-0.3, -0.25) is 4.90 Å². The van der Waals surface area contributed by atoms with Crippen LogP contribution < -0.4 is 0 Å². The van der Waals surface area contributed by atoms with Crippen molar-refractivity contribution in [2.45, 2.75) is 31.7 Å². The fourth-order valence-electron chi connectivity index (χ4n) is 3.41. The first-order valence-electron chi connectivity index (χ1n) is 7.23. The van der Waals surface area contributed by atoms with E-state index in [1.807, 2.05) is 0 Å². The van der Waals surface area contributed by atoms with Crippen molar-refractivity contribution in [3.8, 4) is 0 Å². The zero-order chi connectivity index (χ0) is 13.0. The maximum Gasteiger partial charge on any atom is 0.0621 e. The Morgan fingerprint density at radius 2 is 2.06 bits per heavy atom. The van der Waals surface area contributed by atoms with E-state index in [9.17, 15) is 5.11 Å². The van der Waals surface area contributed by atoms with Crippen LogP contribution in [0.2, 0.25) is 0 Å². The molecule has 106 valence electrons. The minimum absolute atomic E-state index is 0.121. The van der Waals surface area contributed by atoms with Crippen LogP contribution in [0.1, 0.15) is 25.7 Å². The van der Waals surface area contributed by atoms with Crippen LogP contribution in [0.15, 0.2) is 0 Å². The van der Waals surface area contributed by atoms with Gasteiger partial charge in [0.25, 0.3) is 0 Å². The highest BCUT2D eigenvalue weighted by atomic mass is 16.5. The van der Waals surface area contributed by atoms with Crippen molar-refractivity contribution in [2.75, 3.05) is 53.6 Å². The molecule has 2 fully saturated rings. The van der Waals surface area contributed by atoms with E-state index < -0.39 is 0 Å². The first-order chi connectivity index (χ1) is 8.65. The molecule has 2 rings (SSSR count). The molecule has 1 N–H and O–H groups in total. The fraction of sp³-hybridized carbons (Fsp3) is 1.00. The molecule has 0 unspecified atom stereocenters. The van der Waals surface area contributed by atoms with E-state index in [2.05, 4.69) is 23.9 Å². The molecule has 1 atom stereocenters. The second-order valence-corrected chi connectivity index (χ2v) is 6.30. The van der Waals surface area contributed by atoms with Gasteiger partial charge in [-0.15, -0.1) is 0 Å². The second kappa shape index (κ2) is 6.33. The Balaban J connectivity index is 1.85. The Morgan fingerprint density at radius 1 is 1.33 bits per heavy atom. The van der Waals surface area contributed by atoms with Gasteiger partial charge in [-0.2, -0.15) is 0 Å². The summed E-state index contributed by atoms with van der Waals surface area (Å²) in [5.41, 5.74) is 0.121. The average molecular weight is 256 g/mol. The van der Waals surface area contributed by atoms with Gasteiger partial charge in [0.1, 0.15) is 0 Å². The van der Waals surface area contributed by atoms with Crippen LogP contribution in [0, 0.1) is 5.41 Å². The van der Waals surface area contributed by atoms with Gasteiger partial charge in [-0.05, 0) is 52.9 Å². The molecule has 2 heterocycles. The number of ether oxygens (including phenoxy) is 1. The first-order valence-corrected chi connectivity index (χ1v) is 7.23. The van der Waals surface area contributed by atoms with E-state index in [-0.39, 0.29) is 5.41 Å². The summed E-state index contributed by atoms with van der Waals surface area (Å²) >= 11 is 0. The number of aliphatic hydroxyl groups is 1. The lowest BCUT2D eigenvalue weighted by Crippen LogP contribution is -2.51. The first kappa shape index (κ1) is 14.3. The van der Waals surface area contributed by atoms with Gasteiger partial charge in [0.15, 0.2) is 0 Å². The minimum Gasteiger partial charge on any atom is -0.396 e. The summed E-state index contributed by atoms with van der Waals surface area (Å²) < 4.78 is 5.58. The normalized spacial score (nSPS) is 29.7. The molecule has 4 heteroatoms. The summed E-state index contributed by atoms with van der Waals surface area (Å²) in [5, 5.41) is 9.72. The lowest BCUT2D eigenvalue weighted by Gasteiger charge is -2.45. The molecule has 0 spiro atoms. The number of piperidine rings is 1. The van der Waals surface area contributed by atoms with Crippen LogP contribution in [0.4, 0.5) is 0 Å². The molecule has 2 aliphatic rings. The van der Waals surface area contributed by atoms with Crippen molar-refractivity contribution < 1.29 is 9.84 Å². The Hall–Kier alpha value is -0.160. The monoisotopic (exact) mass is 256 g/mol. The third kappa shape index (κ3) is 3.44. The highest BCUT2D eigenvalue weighted by Gasteiger charge is 2.36. The maximum absolute atomic E-state index is 9.72. The highest BCUT2D eigenvalue weighted by molar-refractivity contribution is 4.89. The molecule has 2 aliphatic heterocycles. The van der Waals surface area contributed by atoms with E-state index in [1.165, 1.54) is 12.8 Å². The van der Waals surface area contributed by atoms with Gasteiger partial charge in [-0.25, -0.2) is 0 Å². The third-order valence-corrected chi connectivity index (χ3v) is 4.50. The van der Waals surface area contributed by atoms with Gasteiger partial charge < -0.3 is 14.7 Å². The quantitative estimate of drug-likeness (QED) is 0.807. The molecule has 0 aromatic carbocycles. The van der Waals surface area contributed by atoms with Gasteiger partial charge in [0, 0.05) is 24.6 Å². The predicted octanol–water partition coefficient (Wildman–Crippen LogP) is 0.801. The molecular formula is C14H28N2O2. The third-order valence-electron chi connectivity index (χ3n) is 4.50. The number of hydrogen-bond donors (Lipinski definition) is 1. The zero-order valence-corrected chi connectivity index (χ0v) is 11.9. The van der Waals surface area contributed by atoms with Crippen LogP contribution in [-0.2, 0) is 4.74 Å². The van der Waals surface area contributed by atoms with Crippen molar-refractivity contribution in [3.63, 3.8) is 0 Å². The van der Waals surface area contributed by atoms with Crippen LogP contribution in [0.3, 0.4) is 0 Å². The molecule has 0 aromatic heterocycles. The summed E-state index contributed by atoms with van der Waals surface area (Å²) in [5.74, 6) is 0. The minimum atomic E-state index is 0.121. The van der Waals surface area contributed by atoms with Gasteiger partial charge in [-0.1, -0.05) is 0 Å². The average Bonchev–Trinajstić information content (AvgIpc) is 2.40. The van der Waals surface area contributed by atoms with E-state index in [0.717, 1.165) is 45.7 Å². The summed E-state index contributed by atoms with van der Waals surface area (Å²) in [6.45, 7) is 5.38. The van der Waals surface area contributed by atoms with Gasteiger partial charge >= 0.3 is 0 Å². The van der Waals surface area contributed by atoms with Crippen molar-refractivity contribution in [1.29, 1.82) is 0 Å². The molecule has 0 saturated carbocycles. The Morgan fingerprint density at radius 3 is 2.56 bits per heavy atom. The van der Waals surface area contributed by atoms with Crippen molar-refractivity contribution in [1.82, 2.24) is 9.80 Å². The van der Waals surface area contributed by atoms with E-state index in [1.54, 1.807) is 0 Å². The van der Waals surface area contributed by atoms with E-state index in [4.69, 9.17) is 4.74 Å². The van der Waals surface area contributed by atoms with Crippen LogP contribution >= 0.6 is 0 Å². The van der Waals surface area contributed by atoms with Crippen molar-refractivity contribution in [3.05, 3.63) is 0 Å². The summed E-state index contributed by atoms with van der Waals surface area (Å²) in [7, 11) is 4.19. The Labute approximate surface area is 111 Å². The van der Waals surface area contributed by atoms with E-state index in [0.29, 0.717) is 12.6 Å². The maximum atomic E-state index is 9.72. The number of nitrogens with zero attached hydrogens (tertiary/aromatic N) is 2. The number of likely N-dealkylation sites (tertiary alicyclic amines) is 1. The van der Waals surface area contributed by atoms with Crippen LogP contribution in [0.25, 0.3) is 0 Å². The summed E-state index contributed by atoms with van der Waals surface area (Å²) in [6, 6.07) is 0.620. The molecule has 0 bridgehead atoms. The lowest BCUT2D eigenvalue weighted by atomic mass is 9.78. The number of aliphatic hydroxyl groups excluding tert-OH is 1. The van der Waals surface area contributed by atoms with Crippen molar-refractivity contribution in [2.24, 2.45) is 5.41 Å². The topological polar surface area (TPSA) is 35.9 Å². The molecule has 0 aliphatic carbocycles. The molecule has 2 saturated heterocycles. The van der Waals surface area contributed by atoms with Gasteiger partial charge in [0.2, 0.25) is 0 Å².